The highest BCUT2D eigenvalue weighted by atomic mass is 16.7. The third-order valence-electron chi connectivity index (χ3n) is 8.60. The van der Waals surface area contributed by atoms with Crippen molar-refractivity contribution in [1.29, 1.82) is 0 Å². The minimum Gasteiger partial charge on any atom is -0.460 e. The van der Waals surface area contributed by atoms with Crippen molar-refractivity contribution in [3.8, 4) is 0 Å². The number of hydrogen-bond donors (Lipinski definition) is 3. The number of rotatable bonds is 19. The van der Waals surface area contributed by atoms with Crippen LogP contribution in [0.25, 0.3) is 0 Å². The molecule has 9 nitrogen and oxygen atoms in total. The normalized spacial score (nSPS) is 23.5. The van der Waals surface area contributed by atoms with Gasteiger partial charge in [0, 0.05) is 18.0 Å². The van der Waals surface area contributed by atoms with Crippen molar-refractivity contribution in [2.75, 3.05) is 13.2 Å². The molecule has 254 valence electrons. The average Bonchev–Trinajstić information content (AvgIpc) is 2.96. The van der Waals surface area contributed by atoms with Gasteiger partial charge in [-0.05, 0) is 72.1 Å². The highest BCUT2D eigenvalue weighted by Gasteiger charge is 2.45. The van der Waals surface area contributed by atoms with Gasteiger partial charge in [-0.1, -0.05) is 77.9 Å². The topological polar surface area (TPSA) is 115 Å². The Bertz CT molecular complexity index is 890. The highest BCUT2D eigenvalue weighted by molar-refractivity contribution is 5.82. The molecule has 0 aromatic rings. The van der Waals surface area contributed by atoms with E-state index >= 15 is 0 Å². The van der Waals surface area contributed by atoms with Gasteiger partial charge < -0.3 is 30.2 Å². The first-order chi connectivity index (χ1) is 20.9. The number of carbonyl (C=O) groups is 3. The molecule has 44 heavy (non-hydrogen) atoms. The molecule has 2 fully saturated rings. The summed E-state index contributed by atoms with van der Waals surface area (Å²) in [5.41, 5.74) is -0.482. The summed E-state index contributed by atoms with van der Waals surface area (Å²) in [5, 5.41) is 8.93. The van der Waals surface area contributed by atoms with E-state index in [9.17, 15) is 14.4 Å². The van der Waals surface area contributed by atoms with Crippen molar-refractivity contribution in [3.05, 3.63) is 12.2 Å². The maximum absolute atomic E-state index is 12.8. The first kappa shape index (κ1) is 38.1. The summed E-state index contributed by atoms with van der Waals surface area (Å²) in [4.78, 5) is 38.2. The lowest BCUT2D eigenvalue weighted by molar-refractivity contribution is -0.304. The van der Waals surface area contributed by atoms with E-state index in [0.717, 1.165) is 38.5 Å². The molecule has 4 unspecified atom stereocenters. The van der Waals surface area contributed by atoms with E-state index in [1.165, 1.54) is 51.4 Å². The Morgan fingerprint density at radius 2 is 1.59 bits per heavy atom. The molecule has 0 bridgehead atoms. The fourth-order valence-electron chi connectivity index (χ4n) is 5.83. The zero-order valence-electron chi connectivity index (χ0n) is 28.6. The molecule has 0 aromatic heterocycles. The van der Waals surface area contributed by atoms with Gasteiger partial charge in [0.05, 0.1) is 19.1 Å². The molecule has 3 N–H and O–H groups in total. The minimum absolute atomic E-state index is 0.0561. The van der Waals surface area contributed by atoms with Gasteiger partial charge in [-0.2, -0.15) is 0 Å². The SMILES string of the molecule is CCCCCCC=CCCCCCCC(C)NC(=O)NC1CCCCC1OC(=O)CCNC(=O)C1OC(C)(C)OCC1(C)C. The summed E-state index contributed by atoms with van der Waals surface area (Å²) in [5.74, 6) is -1.48. The van der Waals surface area contributed by atoms with Gasteiger partial charge in [0.25, 0.3) is 0 Å². The van der Waals surface area contributed by atoms with Crippen LogP contribution in [-0.4, -0.2) is 61.1 Å². The van der Waals surface area contributed by atoms with Crippen LogP contribution in [0.2, 0.25) is 0 Å². The number of unbranched alkanes of at least 4 members (excludes halogenated alkanes) is 8. The predicted octanol–water partition coefficient (Wildman–Crippen LogP) is 7.08. The van der Waals surface area contributed by atoms with Gasteiger partial charge in [0.1, 0.15) is 12.2 Å². The standard InChI is InChI=1S/C35H63N3O6/c1-7-8-9-10-11-12-13-14-15-16-17-18-21-27(2)37-33(41)38-28-22-19-20-23-29(28)43-30(39)24-25-36-32(40)31-34(3,4)26-42-35(5,6)44-31/h12-13,27-29,31H,7-11,14-26H2,1-6H3,(H,36,40)(H2,37,38,41). The van der Waals surface area contributed by atoms with E-state index in [2.05, 4.69) is 35.0 Å². The molecule has 3 amide bonds. The lowest BCUT2D eigenvalue weighted by Gasteiger charge is -2.44. The monoisotopic (exact) mass is 621 g/mol. The number of esters is 1. The molecule has 2 aliphatic rings. The van der Waals surface area contributed by atoms with E-state index in [1.807, 2.05) is 20.8 Å². The Balaban J connectivity index is 1.61. The molecular weight excluding hydrogens is 558 g/mol. The second kappa shape index (κ2) is 20.1. The third-order valence-corrected chi connectivity index (χ3v) is 8.60. The molecule has 1 aliphatic carbocycles. The number of urea groups is 1. The van der Waals surface area contributed by atoms with Gasteiger partial charge in [0.15, 0.2) is 5.79 Å². The molecule has 0 aromatic carbocycles. The largest absolute Gasteiger partial charge is 0.460 e. The summed E-state index contributed by atoms with van der Waals surface area (Å²) in [6, 6.07) is -0.335. The fourth-order valence-corrected chi connectivity index (χ4v) is 5.83. The number of amides is 3. The van der Waals surface area contributed by atoms with Gasteiger partial charge in [-0.25, -0.2) is 4.79 Å². The van der Waals surface area contributed by atoms with Crippen molar-refractivity contribution >= 4 is 17.9 Å². The molecule has 9 heteroatoms. The molecular formula is C35H63N3O6. The van der Waals surface area contributed by atoms with Crippen LogP contribution in [0.15, 0.2) is 12.2 Å². The number of nitrogens with one attached hydrogen (secondary N) is 3. The maximum Gasteiger partial charge on any atom is 0.315 e. The molecule has 1 saturated carbocycles. The minimum atomic E-state index is -0.839. The third kappa shape index (κ3) is 15.2. The Labute approximate surface area is 267 Å². The van der Waals surface area contributed by atoms with Crippen LogP contribution in [0.3, 0.4) is 0 Å². The van der Waals surface area contributed by atoms with Gasteiger partial charge in [0.2, 0.25) is 5.91 Å². The van der Waals surface area contributed by atoms with Crippen LogP contribution >= 0.6 is 0 Å². The van der Waals surface area contributed by atoms with Crippen LogP contribution in [0.1, 0.15) is 144 Å². The van der Waals surface area contributed by atoms with E-state index in [4.69, 9.17) is 14.2 Å². The average molecular weight is 622 g/mol. The first-order valence-corrected chi connectivity index (χ1v) is 17.4. The lowest BCUT2D eigenvalue weighted by Crippen LogP contribution is -2.56. The van der Waals surface area contributed by atoms with Crippen molar-refractivity contribution in [2.45, 2.75) is 174 Å². The fraction of sp³-hybridized carbons (Fsp3) is 0.857. The molecule has 4 atom stereocenters. The number of ether oxygens (including phenoxy) is 3. The maximum atomic E-state index is 12.8. The summed E-state index contributed by atoms with van der Waals surface area (Å²) in [6.45, 7) is 12.3. The number of hydrogen-bond acceptors (Lipinski definition) is 6. The van der Waals surface area contributed by atoms with Crippen molar-refractivity contribution in [3.63, 3.8) is 0 Å². The second-order valence-electron chi connectivity index (χ2n) is 14.0. The zero-order chi connectivity index (χ0) is 32.4. The van der Waals surface area contributed by atoms with Gasteiger partial charge in [-0.15, -0.1) is 0 Å². The van der Waals surface area contributed by atoms with E-state index in [1.54, 1.807) is 13.8 Å². The van der Waals surface area contributed by atoms with E-state index in [0.29, 0.717) is 13.0 Å². The van der Waals surface area contributed by atoms with Crippen molar-refractivity contribution in [2.24, 2.45) is 5.41 Å². The summed E-state index contributed by atoms with van der Waals surface area (Å²) >= 11 is 0. The van der Waals surface area contributed by atoms with Crippen molar-refractivity contribution < 1.29 is 28.6 Å². The Morgan fingerprint density at radius 3 is 2.30 bits per heavy atom. The van der Waals surface area contributed by atoms with E-state index in [-0.39, 0.29) is 49.1 Å². The van der Waals surface area contributed by atoms with E-state index < -0.39 is 17.3 Å². The highest BCUT2D eigenvalue weighted by Crippen LogP contribution is 2.34. The first-order valence-electron chi connectivity index (χ1n) is 17.4. The lowest BCUT2D eigenvalue weighted by atomic mass is 9.85. The molecule has 1 aliphatic heterocycles. The van der Waals surface area contributed by atoms with Gasteiger partial charge >= 0.3 is 12.0 Å². The van der Waals surface area contributed by atoms with Crippen LogP contribution in [0.4, 0.5) is 4.79 Å². The Morgan fingerprint density at radius 1 is 0.932 bits per heavy atom. The molecule has 0 spiro atoms. The Hall–Kier alpha value is -2.13. The van der Waals surface area contributed by atoms with Crippen molar-refractivity contribution in [1.82, 2.24) is 16.0 Å². The summed E-state index contributed by atoms with van der Waals surface area (Å²) in [6.07, 6.45) is 20.4. The van der Waals surface area contributed by atoms with Crippen LogP contribution in [0.5, 0.6) is 0 Å². The van der Waals surface area contributed by atoms with Crippen LogP contribution in [-0.2, 0) is 23.8 Å². The molecule has 1 saturated heterocycles. The van der Waals surface area contributed by atoms with Crippen LogP contribution in [0, 0.1) is 5.41 Å². The quantitative estimate of drug-likeness (QED) is 0.0807. The molecule has 1 heterocycles. The van der Waals surface area contributed by atoms with Crippen LogP contribution < -0.4 is 16.0 Å². The Kier molecular flexibility index (Phi) is 17.4. The second-order valence-corrected chi connectivity index (χ2v) is 14.0. The smallest absolute Gasteiger partial charge is 0.315 e. The number of allylic oxidation sites excluding steroid dienone is 2. The summed E-state index contributed by atoms with van der Waals surface area (Å²) in [7, 11) is 0. The summed E-state index contributed by atoms with van der Waals surface area (Å²) < 4.78 is 17.3. The zero-order valence-corrected chi connectivity index (χ0v) is 28.6. The number of carbonyl (C=O) groups excluding carboxylic acids is 3. The molecule has 2 rings (SSSR count). The molecule has 0 radical (unpaired) electrons. The van der Waals surface area contributed by atoms with Gasteiger partial charge in [-0.3, -0.25) is 9.59 Å². The predicted molar refractivity (Wildman–Crippen MR) is 175 cm³/mol.